The van der Waals surface area contributed by atoms with Crippen molar-refractivity contribution >= 4 is 11.3 Å². The normalized spacial score (nSPS) is 27.1. The van der Waals surface area contributed by atoms with Crippen LogP contribution in [0.25, 0.3) is 0 Å². The summed E-state index contributed by atoms with van der Waals surface area (Å²) in [4.78, 5) is 6.07. The van der Waals surface area contributed by atoms with Gasteiger partial charge < -0.3 is 14.7 Å². The first-order chi connectivity index (χ1) is 10.7. The van der Waals surface area contributed by atoms with Crippen LogP contribution in [0.4, 0.5) is 0 Å². The third-order valence-corrected chi connectivity index (χ3v) is 5.79. The Labute approximate surface area is 137 Å². The van der Waals surface area contributed by atoms with Gasteiger partial charge in [-0.15, -0.1) is 11.3 Å². The monoisotopic (exact) mass is 324 g/mol. The fraction of sp³-hybridized carbons (Fsp3) is 0.765. The van der Waals surface area contributed by atoms with Crippen LogP contribution >= 0.6 is 11.3 Å². The molecule has 0 saturated carbocycles. The lowest BCUT2D eigenvalue weighted by Crippen LogP contribution is -2.46. The standard InChI is InChI=1S/C17H28N2O2S/c1-14-4-6-18(7-5-14)11-15(20)12-19-8-9-21-16(13-19)17-3-2-10-22-17/h2-3,10,14-16,20H,4-9,11-13H2,1H3. The molecule has 1 aromatic heterocycles. The molecule has 2 atom stereocenters. The number of ether oxygens (including phenoxy) is 1. The van der Waals surface area contributed by atoms with Crippen molar-refractivity contribution in [3.05, 3.63) is 22.4 Å². The van der Waals surface area contributed by atoms with Crippen molar-refractivity contribution in [1.29, 1.82) is 0 Å². The average Bonchev–Trinajstić information content (AvgIpc) is 3.04. The van der Waals surface area contributed by atoms with Gasteiger partial charge in [-0.25, -0.2) is 0 Å². The minimum atomic E-state index is -0.254. The minimum Gasteiger partial charge on any atom is -0.390 e. The molecule has 2 unspecified atom stereocenters. The molecule has 0 spiro atoms. The van der Waals surface area contributed by atoms with Gasteiger partial charge in [0, 0.05) is 31.1 Å². The van der Waals surface area contributed by atoms with Crippen LogP contribution in [0, 0.1) is 5.92 Å². The maximum absolute atomic E-state index is 10.4. The summed E-state index contributed by atoms with van der Waals surface area (Å²) < 4.78 is 5.87. The van der Waals surface area contributed by atoms with Crippen LogP contribution in [0.1, 0.15) is 30.7 Å². The lowest BCUT2D eigenvalue weighted by molar-refractivity contribution is -0.0441. The molecule has 4 nitrogen and oxygen atoms in total. The minimum absolute atomic E-state index is 0.178. The van der Waals surface area contributed by atoms with E-state index in [4.69, 9.17) is 4.74 Å². The fourth-order valence-corrected chi connectivity index (χ4v) is 4.18. The number of morpholine rings is 1. The number of thiophene rings is 1. The SMILES string of the molecule is CC1CCN(CC(O)CN2CCOC(c3cccs3)C2)CC1. The number of rotatable bonds is 5. The summed E-state index contributed by atoms with van der Waals surface area (Å²) in [7, 11) is 0. The summed E-state index contributed by atoms with van der Waals surface area (Å²) in [5.74, 6) is 0.846. The van der Waals surface area contributed by atoms with E-state index in [0.717, 1.165) is 51.8 Å². The summed E-state index contributed by atoms with van der Waals surface area (Å²) in [5, 5.41) is 12.5. The van der Waals surface area contributed by atoms with Crippen molar-refractivity contribution in [3.63, 3.8) is 0 Å². The van der Waals surface area contributed by atoms with Crippen molar-refractivity contribution in [2.24, 2.45) is 5.92 Å². The third-order valence-electron chi connectivity index (χ3n) is 4.83. The number of piperidine rings is 1. The number of nitrogens with zero attached hydrogens (tertiary/aromatic N) is 2. The molecule has 22 heavy (non-hydrogen) atoms. The van der Waals surface area contributed by atoms with Gasteiger partial charge in [0.1, 0.15) is 6.10 Å². The van der Waals surface area contributed by atoms with Gasteiger partial charge in [-0.1, -0.05) is 13.0 Å². The van der Waals surface area contributed by atoms with Gasteiger partial charge in [0.05, 0.1) is 12.7 Å². The Balaban J connectivity index is 1.44. The Kier molecular flexibility index (Phi) is 5.88. The Bertz CT molecular complexity index is 432. The summed E-state index contributed by atoms with van der Waals surface area (Å²) in [6.07, 6.45) is 2.46. The zero-order valence-corrected chi connectivity index (χ0v) is 14.3. The van der Waals surface area contributed by atoms with Crippen LogP contribution in [0.3, 0.4) is 0 Å². The molecular formula is C17H28N2O2S. The van der Waals surface area contributed by atoms with E-state index < -0.39 is 0 Å². The first kappa shape index (κ1) is 16.4. The number of hydrogen-bond donors (Lipinski definition) is 1. The fourth-order valence-electron chi connectivity index (χ4n) is 3.41. The smallest absolute Gasteiger partial charge is 0.104 e. The van der Waals surface area contributed by atoms with E-state index in [1.807, 2.05) is 0 Å². The maximum atomic E-state index is 10.4. The molecule has 5 heteroatoms. The van der Waals surface area contributed by atoms with Crippen molar-refractivity contribution in [2.45, 2.75) is 32.0 Å². The van der Waals surface area contributed by atoms with Crippen molar-refractivity contribution in [3.8, 4) is 0 Å². The highest BCUT2D eigenvalue weighted by atomic mass is 32.1. The number of aliphatic hydroxyl groups is 1. The Hall–Kier alpha value is -0.460. The van der Waals surface area contributed by atoms with Crippen LogP contribution in [-0.4, -0.2) is 66.9 Å². The molecule has 3 rings (SSSR count). The van der Waals surface area contributed by atoms with Gasteiger partial charge >= 0.3 is 0 Å². The van der Waals surface area contributed by atoms with E-state index >= 15 is 0 Å². The van der Waals surface area contributed by atoms with Crippen LogP contribution in [0.5, 0.6) is 0 Å². The summed E-state index contributed by atoms with van der Waals surface area (Å²) in [5.41, 5.74) is 0. The van der Waals surface area contributed by atoms with E-state index in [0.29, 0.717) is 0 Å². The van der Waals surface area contributed by atoms with E-state index in [2.05, 4.69) is 34.2 Å². The average molecular weight is 324 g/mol. The van der Waals surface area contributed by atoms with E-state index in [9.17, 15) is 5.11 Å². The maximum Gasteiger partial charge on any atom is 0.104 e. The van der Waals surface area contributed by atoms with Crippen LogP contribution < -0.4 is 0 Å². The zero-order valence-electron chi connectivity index (χ0n) is 13.5. The van der Waals surface area contributed by atoms with Crippen LogP contribution in [0.2, 0.25) is 0 Å². The van der Waals surface area contributed by atoms with Crippen molar-refractivity contribution in [1.82, 2.24) is 9.80 Å². The highest BCUT2D eigenvalue weighted by molar-refractivity contribution is 7.10. The largest absolute Gasteiger partial charge is 0.390 e. The first-order valence-corrected chi connectivity index (χ1v) is 9.36. The highest BCUT2D eigenvalue weighted by Gasteiger charge is 2.25. The molecule has 0 aliphatic carbocycles. The first-order valence-electron chi connectivity index (χ1n) is 8.48. The molecule has 0 radical (unpaired) electrons. The molecule has 0 bridgehead atoms. The third kappa shape index (κ3) is 4.52. The summed E-state index contributed by atoms with van der Waals surface area (Å²) >= 11 is 1.76. The number of β-amino-alcohol motifs (C(OH)–C–C–N with tert-alkyl or cyclic N) is 1. The lowest BCUT2D eigenvalue weighted by atomic mass is 9.99. The predicted octanol–water partition coefficient (Wildman–Crippen LogP) is 2.21. The number of likely N-dealkylation sites (tertiary alicyclic amines) is 1. The molecule has 0 amide bonds. The van der Waals surface area contributed by atoms with Crippen molar-refractivity contribution in [2.75, 3.05) is 45.9 Å². The van der Waals surface area contributed by atoms with Gasteiger partial charge in [-0.05, 0) is 43.3 Å². The van der Waals surface area contributed by atoms with Gasteiger partial charge in [-0.2, -0.15) is 0 Å². The topological polar surface area (TPSA) is 35.9 Å². The second kappa shape index (κ2) is 7.88. The molecule has 1 N–H and O–H groups in total. The van der Waals surface area contributed by atoms with Gasteiger partial charge in [0.2, 0.25) is 0 Å². The van der Waals surface area contributed by atoms with Crippen LogP contribution in [0.15, 0.2) is 17.5 Å². The molecule has 2 fully saturated rings. The molecule has 124 valence electrons. The second-order valence-corrected chi connectivity index (χ2v) is 7.75. The number of aliphatic hydroxyl groups excluding tert-OH is 1. The molecule has 2 aliphatic heterocycles. The Morgan fingerprint density at radius 1 is 1.27 bits per heavy atom. The molecule has 0 aromatic carbocycles. The molecule has 1 aromatic rings. The van der Waals surface area contributed by atoms with Gasteiger partial charge in [0.15, 0.2) is 0 Å². The van der Waals surface area contributed by atoms with Gasteiger partial charge in [-0.3, -0.25) is 4.90 Å². The molecule has 3 heterocycles. The predicted molar refractivity (Wildman–Crippen MR) is 90.3 cm³/mol. The number of hydrogen-bond acceptors (Lipinski definition) is 5. The molecular weight excluding hydrogens is 296 g/mol. The van der Waals surface area contributed by atoms with Crippen molar-refractivity contribution < 1.29 is 9.84 Å². The second-order valence-electron chi connectivity index (χ2n) is 6.77. The molecule has 2 saturated heterocycles. The van der Waals surface area contributed by atoms with E-state index in [1.165, 1.54) is 17.7 Å². The zero-order chi connectivity index (χ0) is 15.4. The highest BCUT2D eigenvalue weighted by Crippen LogP contribution is 2.26. The summed E-state index contributed by atoms with van der Waals surface area (Å²) in [6.45, 7) is 8.76. The van der Waals surface area contributed by atoms with Crippen LogP contribution in [-0.2, 0) is 4.74 Å². The summed E-state index contributed by atoms with van der Waals surface area (Å²) in [6, 6.07) is 4.22. The van der Waals surface area contributed by atoms with E-state index in [1.54, 1.807) is 11.3 Å². The van der Waals surface area contributed by atoms with Gasteiger partial charge in [0.25, 0.3) is 0 Å². The Morgan fingerprint density at radius 3 is 2.77 bits per heavy atom. The van der Waals surface area contributed by atoms with E-state index in [-0.39, 0.29) is 12.2 Å². The molecule has 2 aliphatic rings. The lowest BCUT2D eigenvalue weighted by Gasteiger charge is -2.36. The quantitative estimate of drug-likeness (QED) is 0.901. The Morgan fingerprint density at radius 2 is 2.05 bits per heavy atom.